The Bertz CT molecular complexity index is 1050. The van der Waals surface area contributed by atoms with Crippen LogP contribution in [0.2, 0.25) is 10.0 Å². The highest BCUT2D eigenvalue weighted by Gasteiger charge is 2.30. The first-order valence-electron chi connectivity index (χ1n) is 8.46. The van der Waals surface area contributed by atoms with Crippen molar-refractivity contribution >= 4 is 46.6 Å². The third-order valence-corrected chi connectivity index (χ3v) is 4.80. The molecule has 0 saturated heterocycles. The number of hydrogen-bond donors (Lipinski definition) is 0. The Kier molecular flexibility index (Phi) is 4.85. The summed E-state index contributed by atoms with van der Waals surface area (Å²) in [4.78, 5) is 14.9. The molecule has 1 aliphatic heterocycles. The van der Waals surface area contributed by atoms with Gasteiger partial charge in [0.15, 0.2) is 0 Å². The Hall–Kier alpha value is -2.81. The zero-order chi connectivity index (χ0) is 18.8. The van der Waals surface area contributed by atoms with Gasteiger partial charge in [0, 0.05) is 15.6 Å². The lowest BCUT2D eigenvalue weighted by Gasteiger charge is -2.21. The summed E-state index contributed by atoms with van der Waals surface area (Å²) in [5.41, 5.74) is 4.05. The SMILES string of the molecule is O=C1/C(=C/c2ccc(Cl)cc2)C=C(c2ccccc2)N1c1cccc(Cl)c1. The van der Waals surface area contributed by atoms with Gasteiger partial charge in [0.2, 0.25) is 0 Å². The molecule has 2 nitrogen and oxygen atoms in total. The first kappa shape index (κ1) is 17.6. The van der Waals surface area contributed by atoms with E-state index in [0.29, 0.717) is 15.6 Å². The number of benzene rings is 3. The largest absolute Gasteiger partial charge is 0.276 e. The highest BCUT2D eigenvalue weighted by molar-refractivity contribution is 6.31. The molecule has 0 saturated carbocycles. The van der Waals surface area contributed by atoms with Crippen LogP contribution in [0.5, 0.6) is 0 Å². The number of hydrogen-bond acceptors (Lipinski definition) is 1. The smallest absolute Gasteiger partial charge is 0.262 e. The standard InChI is InChI=1S/C23H15Cl2NO/c24-19-11-9-16(10-12-19)13-18-14-22(17-5-2-1-3-6-17)26(23(18)27)21-8-4-7-20(25)15-21/h1-15H/b18-13+. The summed E-state index contributed by atoms with van der Waals surface area (Å²) >= 11 is 12.1. The second-order valence-electron chi connectivity index (χ2n) is 6.17. The van der Waals surface area contributed by atoms with Crippen LogP contribution in [0.15, 0.2) is 90.5 Å². The summed E-state index contributed by atoms with van der Waals surface area (Å²) in [7, 11) is 0. The van der Waals surface area contributed by atoms with E-state index in [1.807, 2.05) is 78.9 Å². The fraction of sp³-hybridized carbons (Fsp3) is 0. The predicted octanol–water partition coefficient (Wildman–Crippen LogP) is 6.46. The third-order valence-electron chi connectivity index (χ3n) is 4.31. The van der Waals surface area contributed by atoms with E-state index in [-0.39, 0.29) is 5.91 Å². The van der Waals surface area contributed by atoms with Crippen LogP contribution in [-0.2, 0) is 4.79 Å². The minimum absolute atomic E-state index is 0.0916. The number of rotatable bonds is 3. The molecule has 0 radical (unpaired) electrons. The van der Waals surface area contributed by atoms with Gasteiger partial charge in [0.25, 0.3) is 5.91 Å². The molecule has 0 spiro atoms. The summed E-state index contributed by atoms with van der Waals surface area (Å²) in [6, 6.07) is 24.5. The zero-order valence-electron chi connectivity index (χ0n) is 14.3. The van der Waals surface area contributed by atoms with E-state index >= 15 is 0 Å². The summed E-state index contributed by atoms with van der Waals surface area (Å²) in [6.45, 7) is 0. The molecule has 3 aromatic rings. The van der Waals surface area contributed by atoms with Gasteiger partial charge in [0.05, 0.1) is 11.4 Å². The van der Waals surface area contributed by atoms with E-state index in [2.05, 4.69) is 0 Å². The second-order valence-corrected chi connectivity index (χ2v) is 7.04. The van der Waals surface area contributed by atoms with Crippen molar-refractivity contribution in [3.05, 3.63) is 112 Å². The van der Waals surface area contributed by atoms with Crippen LogP contribution >= 0.6 is 23.2 Å². The number of halogens is 2. The highest BCUT2D eigenvalue weighted by Crippen LogP contribution is 2.36. The molecule has 0 unspecified atom stereocenters. The van der Waals surface area contributed by atoms with Crippen LogP contribution in [0.4, 0.5) is 5.69 Å². The van der Waals surface area contributed by atoms with E-state index in [1.54, 1.807) is 17.0 Å². The summed E-state index contributed by atoms with van der Waals surface area (Å²) in [5, 5.41) is 1.25. The van der Waals surface area contributed by atoms with Crippen molar-refractivity contribution in [2.24, 2.45) is 0 Å². The van der Waals surface area contributed by atoms with Crippen molar-refractivity contribution in [2.75, 3.05) is 4.90 Å². The van der Waals surface area contributed by atoms with Crippen LogP contribution in [0.1, 0.15) is 11.1 Å². The van der Waals surface area contributed by atoms with Crippen LogP contribution in [0, 0.1) is 0 Å². The van der Waals surface area contributed by atoms with Crippen molar-refractivity contribution in [3.63, 3.8) is 0 Å². The van der Waals surface area contributed by atoms with E-state index in [0.717, 1.165) is 22.5 Å². The zero-order valence-corrected chi connectivity index (χ0v) is 15.8. The molecule has 0 fully saturated rings. The highest BCUT2D eigenvalue weighted by atomic mass is 35.5. The molecular formula is C23H15Cl2NO. The van der Waals surface area contributed by atoms with Gasteiger partial charge in [-0.25, -0.2) is 0 Å². The lowest BCUT2D eigenvalue weighted by Crippen LogP contribution is -2.24. The van der Waals surface area contributed by atoms with Crippen molar-refractivity contribution in [1.29, 1.82) is 0 Å². The predicted molar refractivity (Wildman–Crippen MR) is 113 cm³/mol. The monoisotopic (exact) mass is 391 g/mol. The molecule has 0 aromatic heterocycles. The van der Waals surface area contributed by atoms with Gasteiger partial charge in [0.1, 0.15) is 0 Å². The normalized spacial score (nSPS) is 15.3. The molecule has 4 heteroatoms. The fourth-order valence-electron chi connectivity index (χ4n) is 3.05. The van der Waals surface area contributed by atoms with E-state index in [4.69, 9.17) is 23.2 Å². The van der Waals surface area contributed by atoms with Crippen LogP contribution in [0.25, 0.3) is 11.8 Å². The summed E-state index contributed by atoms with van der Waals surface area (Å²) < 4.78 is 0. The number of nitrogens with zero attached hydrogens (tertiary/aromatic N) is 1. The topological polar surface area (TPSA) is 20.3 Å². The van der Waals surface area contributed by atoms with Gasteiger partial charge in [-0.15, -0.1) is 0 Å². The van der Waals surface area contributed by atoms with E-state index in [9.17, 15) is 4.79 Å². The maximum Gasteiger partial charge on any atom is 0.262 e. The first-order chi connectivity index (χ1) is 13.1. The number of anilines is 1. The summed E-state index contributed by atoms with van der Waals surface area (Å²) in [5.74, 6) is -0.0916. The first-order valence-corrected chi connectivity index (χ1v) is 9.22. The van der Waals surface area contributed by atoms with Gasteiger partial charge in [-0.05, 0) is 53.6 Å². The molecule has 0 bridgehead atoms. The van der Waals surface area contributed by atoms with E-state index < -0.39 is 0 Å². The minimum Gasteiger partial charge on any atom is -0.276 e. The second kappa shape index (κ2) is 7.43. The molecule has 132 valence electrons. The molecule has 0 N–H and O–H groups in total. The molecule has 4 rings (SSSR count). The van der Waals surface area contributed by atoms with Gasteiger partial charge < -0.3 is 0 Å². The fourth-order valence-corrected chi connectivity index (χ4v) is 3.36. The van der Waals surface area contributed by atoms with Crippen molar-refractivity contribution in [1.82, 2.24) is 0 Å². The Balaban J connectivity index is 1.82. The number of carbonyl (C=O) groups is 1. The Morgan fingerprint density at radius 1 is 0.778 bits per heavy atom. The van der Waals surface area contributed by atoms with Crippen LogP contribution in [0.3, 0.4) is 0 Å². The van der Waals surface area contributed by atoms with Gasteiger partial charge in [-0.3, -0.25) is 9.69 Å². The molecule has 1 heterocycles. The van der Waals surface area contributed by atoms with Gasteiger partial charge >= 0.3 is 0 Å². The molecular weight excluding hydrogens is 377 g/mol. The average Bonchev–Trinajstić information content (AvgIpc) is 3.01. The molecule has 1 aliphatic rings. The molecule has 27 heavy (non-hydrogen) atoms. The van der Waals surface area contributed by atoms with E-state index in [1.165, 1.54) is 0 Å². The van der Waals surface area contributed by atoms with Crippen LogP contribution in [-0.4, -0.2) is 5.91 Å². The molecule has 0 atom stereocenters. The lowest BCUT2D eigenvalue weighted by molar-refractivity contribution is -0.113. The van der Waals surface area contributed by atoms with Crippen molar-refractivity contribution in [2.45, 2.75) is 0 Å². The van der Waals surface area contributed by atoms with Crippen LogP contribution < -0.4 is 4.90 Å². The molecule has 3 aromatic carbocycles. The third kappa shape index (κ3) is 3.68. The Morgan fingerprint density at radius 3 is 2.22 bits per heavy atom. The molecule has 1 amide bonds. The Morgan fingerprint density at radius 2 is 1.52 bits per heavy atom. The summed E-state index contributed by atoms with van der Waals surface area (Å²) in [6.07, 6.45) is 3.78. The molecule has 0 aliphatic carbocycles. The maximum absolute atomic E-state index is 13.2. The average molecular weight is 392 g/mol. The minimum atomic E-state index is -0.0916. The quantitative estimate of drug-likeness (QED) is 0.468. The van der Waals surface area contributed by atoms with Gasteiger partial charge in [-0.1, -0.05) is 71.7 Å². The number of carbonyl (C=O) groups excluding carboxylic acids is 1. The van der Waals surface area contributed by atoms with Gasteiger partial charge in [-0.2, -0.15) is 0 Å². The number of amides is 1. The lowest BCUT2D eigenvalue weighted by atomic mass is 10.1. The Labute approximate surface area is 168 Å². The van der Waals surface area contributed by atoms with Crippen molar-refractivity contribution in [3.8, 4) is 0 Å². The van der Waals surface area contributed by atoms with Crippen molar-refractivity contribution < 1.29 is 4.79 Å². The maximum atomic E-state index is 13.2.